The van der Waals surface area contributed by atoms with Crippen LogP contribution in [0.2, 0.25) is 0 Å². The Morgan fingerprint density at radius 1 is 1.05 bits per heavy atom. The average molecular weight is 258 g/mol. The fourth-order valence-electron chi connectivity index (χ4n) is 2.24. The third-order valence-corrected chi connectivity index (χ3v) is 3.21. The molecule has 0 atom stereocenters. The lowest BCUT2D eigenvalue weighted by Crippen LogP contribution is -2.05. The number of imidazole rings is 1. The average Bonchev–Trinajstić information content (AvgIpc) is 2.72. The van der Waals surface area contributed by atoms with Gasteiger partial charge in [-0.25, -0.2) is 13.8 Å². The van der Waals surface area contributed by atoms with Crippen LogP contribution in [0.4, 0.5) is 8.78 Å². The predicted octanol–water partition coefficient (Wildman–Crippen LogP) is 3.67. The number of hydrogen-bond acceptors (Lipinski definition) is 1. The first kappa shape index (κ1) is 11.8. The Hall–Kier alpha value is -2.23. The molecule has 0 aliphatic rings. The predicted molar refractivity (Wildman–Crippen MR) is 69.9 cm³/mol. The Morgan fingerprint density at radius 3 is 2.68 bits per heavy atom. The molecule has 2 aromatic carbocycles. The lowest BCUT2D eigenvalue weighted by Gasteiger charge is -2.08. The molecule has 3 aromatic rings. The molecule has 0 amide bonds. The van der Waals surface area contributed by atoms with Crippen LogP contribution in [0.5, 0.6) is 0 Å². The van der Waals surface area contributed by atoms with Crippen LogP contribution in [0, 0.1) is 18.6 Å². The number of rotatable bonds is 2. The van der Waals surface area contributed by atoms with Crippen LogP contribution in [0.1, 0.15) is 11.4 Å². The lowest BCUT2D eigenvalue weighted by molar-refractivity contribution is 0.495. The van der Waals surface area contributed by atoms with Crippen molar-refractivity contribution in [3.05, 3.63) is 65.5 Å². The van der Waals surface area contributed by atoms with E-state index in [-0.39, 0.29) is 6.54 Å². The highest BCUT2D eigenvalue weighted by Gasteiger charge is 2.11. The Balaban J connectivity index is 2.11. The van der Waals surface area contributed by atoms with Crippen molar-refractivity contribution in [3.8, 4) is 0 Å². The lowest BCUT2D eigenvalue weighted by atomic mass is 10.2. The van der Waals surface area contributed by atoms with Crippen molar-refractivity contribution in [2.75, 3.05) is 0 Å². The molecule has 0 spiro atoms. The number of aromatic nitrogens is 2. The molecule has 0 radical (unpaired) electrons. The van der Waals surface area contributed by atoms with E-state index in [2.05, 4.69) is 4.98 Å². The maximum Gasteiger partial charge on any atom is 0.163 e. The molecule has 19 heavy (non-hydrogen) atoms. The Labute approximate surface area is 109 Å². The third kappa shape index (κ3) is 1.99. The molecular weight excluding hydrogens is 246 g/mol. The number of fused-ring (bicyclic) bond motifs is 1. The van der Waals surface area contributed by atoms with E-state index in [0.29, 0.717) is 5.56 Å². The Morgan fingerprint density at radius 2 is 1.84 bits per heavy atom. The van der Waals surface area contributed by atoms with Crippen LogP contribution >= 0.6 is 0 Å². The summed E-state index contributed by atoms with van der Waals surface area (Å²) in [5.41, 5.74) is 2.10. The summed E-state index contributed by atoms with van der Waals surface area (Å²) in [5, 5.41) is 0. The van der Waals surface area contributed by atoms with E-state index in [1.807, 2.05) is 35.8 Å². The molecule has 0 aliphatic heterocycles. The normalized spacial score (nSPS) is 11.1. The van der Waals surface area contributed by atoms with Gasteiger partial charge in [-0.2, -0.15) is 0 Å². The van der Waals surface area contributed by atoms with Crippen LogP contribution in [0.25, 0.3) is 11.0 Å². The molecule has 0 bridgehead atoms. The van der Waals surface area contributed by atoms with E-state index in [1.54, 1.807) is 6.07 Å². The zero-order valence-corrected chi connectivity index (χ0v) is 10.4. The van der Waals surface area contributed by atoms with E-state index in [0.717, 1.165) is 22.9 Å². The molecule has 0 saturated heterocycles. The first-order chi connectivity index (χ1) is 9.16. The van der Waals surface area contributed by atoms with Gasteiger partial charge in [0.15, 0.2) is 11.6 Å². The zero-order valence-electron chi connectivity index (χ0n) is 10.4. The molecule has 2 nitrogen and oxygen atoms in total. The van der Waals surface area contributed by atoms with Crippen LogP contribution in [0.15, 0.2) is 42.5 Å². The van der Waals surface area contributed by atoms with Gasteiger partial charge in [0.2, 0.25) is 0 Å². The molecule has 1 aromatic heterocycles. The summed E-state index contributed by atoms with van der Waals surface area (Å²) in [6.45, 7) is 2.13. The van der Waals surface area contributed by atoms with Gasteiger partial charge in [0.05, 0.1) is 17.6 Å². The van der Waals surface area contributed by atoms with Crippen LogP contribution in [-0.2, 0) is 6.54 Å². The minimum absolute atomic E-state index is 0.274. The Bertz CT molecular complexity index is 747. The summed E-state index contributed by atoms with van der Waals surface area (Å²) in [5.74, 6) is -0.830. The number of para-hydroxylation sites is 2. The molecule has 1 heterocycles. The number of halogens is 2. The van der Waals surface area contributed by atoms with Crippen LogP contribution < -0.4 is 0 Å². The van der Waals surface area contributed by atoms with Gasteiger partial charge in [0, 0.05) is 5.56 Å². The van der Waals surface area contributed by atoms with E-state index in [9.17, 15) is 8.78 Å². The quantitative estimate of drug-likeness (QED) is 0.685. The monoisotopic (exact) mass is 258 g/mol. The van der Waals surface area contributed by atoms with Gasteiger partial charge >= 0.3 is 0 Å². The van der Waals surface area contributed by atoms with E-state index in [1.165, 1.54) is 6.07 Å². The van der Waals surface area contributed by atoms with Gasteiger partial charge in [-0.05, 0) is 25.1 Å². The first-order valence-corrected chi connectivity index (χ1v) is 6.01. The van der Waals surface area contributed by atoms with Crippen LogP contribution in [-0.4, -0.2) is 9.55 Å². The molecule has 0 saturated carbocycles. The molecule has 0 aliphatic carbocycles. The van der Waals surface area contributed by atoms with E-state index < -0.39 is 11.6 Å². The largest absolute Gasteiger partial charge is 0.324 e. The molecule has 3 rings (SSSR count). The molecule has 0 N–H and O–H groups in total. The molecule has 0 fully saturated rings. The van der Waals surface area contributed by atoms with Crippen molar-refractivity contribution in [2.24, 2.45) is 0 Å². The van der Waals surface area contributed by atoms with Gasteiger partial charge in [-0.15, -0.1) is 0 Å². The summed E-state index contributed by atoms with van der Waals surface area (Å²) in [4.78, 5) is 4.41. The van der Waals surface area contributed by atoms with Gasteiger partial charge < -0.3 is 4.57 Å². The fourth-order valence-corrected chi connectivity index (χ4v) is 2.24. The number of hydrogen-bond donors (Lipinski definition) is 0. The first-order valence-electron chi connectivity index (χ1n) is 6.01. The summed E-state index contributed by atoms with van der Waals surface area (Å²) < 4.78 is 28.8. The van der Waals surface area contributed by atoms with Crippen molar-refractivity contribution in [2.45, 2.75) is 13.5 Å². The zero-order chi connectivity index (χ0) is 13.4. The molecular formula is C15H12F2N2. The summed E-state index contributed by atoms with van der Waals surface area (Å²) in [6, 6.07) is 11.9. The second-order valence-corrected chi connectivity index (χ2v) is 4.45. The van der Waals surface area contributed by atoms with Crippen LogP contribution in [0.3, 0.4) is 0 Å². The molecule has 4 heteroatoms. The van der Waals surface area contributed by atoms with E-state index in [4.69, 9.17) is 0 Å². The molecule has 96 valence electrons. The standard InChI is InChI=1S/C15H12F2N2/c1-10-18-13-7-2-3-8-14(13)19(10)9-11-5-4-6-12(16)15(11)17/h2-8H,9H2,1H3. The summed E-state index contributed by atoms with van der Waals surface area (Å²) >= 11 is 0. The van der Waals surface area contributed by atoms with Crippen molar-refractivity contribution in [3.63, 3.8) is 0 Å². The fraction of sp³-hybridized carbons (Fsp3) is 0.133. The Kier molecular flexibility index (Phi) is 2.78. The highest BCUT2D eigenvalue weighted by molar-refractivity contribution is 5.75. The second-order valence-electron chi connectivity index (χ2n) is 4.45. The van der Waals surface area contributed by atoms with Gasteiger partial charge in [-0.3, -0.25) is 0 Å². The highest BCUT2D eigenvalue weighted by Crippen LogP contribution is 2.19. The number of nitrogens with zero attached hydrogens (tertiary/aromatic N) is 2. The minimum atomic E-state index is -0.820. The minimum Gasteiger partial charge on any atom is -0.324 e. The maximum absolute atomic E-state index is 13.7. The van der Waals surface area contributed by atoms with Gasteiger partial charge in [0.25, 0.3) is 0 Å². The highest BCUT2D eigenvalue weighted by atomic mass is 19.2. The SMILES string of the molecule is Cc1nc2ccccc2n1Cc1cccc(F)c1F. The summed E-state index contributed by atoms with van der Waals surface area (Å²) in [6.07, 6.45) is 0. The van der Waals surface area contributed by atoms with E-state index >= 15 is 0 Å². The van der Waals surface area contributed by atoms with Gasteiger partial charge in [-0.1, -0.05) is 24.3 Å². The second kappa shape index (κ2) is 4.46. The van der Waals surface area contributed by atoms with Crippen molar-refractivity contribution in [1.29, 1.82) is 0 Å². The summed E-state index contributed by atoms with van der Waals surface area (Å²) in [7, 11) is 0. The van der Waals surface area contributed by atoms with Crippen molar-refractivity contribution < 1.29 is 8.78 Å². The maximum atomic E-state index is 13.7. The van der Waals surface area contributed by atoms with Gasteiger partial charge in [0.1, 0.15) is 5.82 Å². The topological polar surface area (TPSA) is 17.8 Å². The number of benzene rings is 2. The number of aryl methyl sites for hydroxylation is 1. The van der Waals surface area contributed by atoms with Crippen molar-refractivity contribution >= 4 is 11.0 Å². The molecule has 0 unspecified atom stereocenters. The third-order valence-electron chi connectivity index (χ3n) is 3.21. The van der Waals surface area contributed by atoms with Crippen molar-refractivity contribution in [1.82, 2.24) is 9.55 Å². The smallest absolute Gasteiger partial charge is 0.163 e.